The maximum Gasteiger partial charge on any atom is 0.213 e. The second-order valence-electron chi connectivity index (χ2n) is 3.80. The minimum absolute atomic E-state index is 0.572. The van der Waals surface area contributed by atoms with Crippen LogP contribution in [0.4, 0.5) is 0 Å². The fourth-order valence-electron chi connectivity index (χ4n) is 2.00. The highest BCUT2D eigenvalue weighted by atomic mass is 16.5. The average molecular weight is 193 g/mol. The molecule has 76 valence electrons. The standard InChI is InChI=1S/C11H15NO2/c1-14-10-6-4-5-9(12-10)11(13)7-2-3-8-11/h4-6,13H,2-3,7-8H2,1H3. The number of aliphatic hydroxyl groups is 1. The van der Waals surface area contributed by atoms with Crippen LogP contribution in [0.25, 0.3) is 0 Å². The molecule has 1 aliphatic rings. The maximum atomic E-state index is 10.3. The minimum atomic E-state index is -0.714. The molecule has 2 rings (SSSR count). The summed E-state index contributed by atoms with van der Waals surface area (Å²) in [5, 5.41) is 10.3. The summed E-state index contributed by atoms with van der Waals surface area (Å²) in [6, 6.07) is 5.53. The van der Waals surface area contributed by atoms with Gasteiger partial charge in [-0.05, 0) is 18.9 Å². The van der Waals surface area contributed by atoms with Crippen LogP contribution in [0.1, 0.15) is 31.4 Å². The number of methoxy groups -OCH3 is 1. The van der Waals surface area contributed by atoms with Crippen molar-refractivity contribution in [2.45, 2.75) is 31.3 Å². The van der Waals surface area contributed by atoms with E-state index < -0.39 is 5.60 Å². The molecule has 0 aromatic carbocycles. The fourth-order valence-corrected chi connectivity index (χ4v) is 2.00. The van der Waals surface area contributed by atoms with E-state index in [-0.39, 0.29) is 0 Å². The van der Waals surface area contributed by atoms with Crippen molar-refractivity contribution in [2.75, 3.05) is 7.11 Å². The second-order valence-corrected chi connectivity index (χ2v) is 3.80. The fraction of sp³-hybridized carbons (Fsp3) is 0.545. The van der Waals surface area contributed by atoms with E-state index in [1.165, 1.54) is 0 Å². The number of ether oxygens (including phenoxy) is 1. The maximum absolute atomic E-state index is 10.3. The lowest BCUT2D eigenvalue weighted by atomic mass is 9.97. The van der Waals surface area contributed by atoms with Crippen molar-refractivity contribution in [3.05, 3.63) is 23.9 Å². The molecule has 3 heteroatoms. The molecule has 0 amide bonds. The zero-order chi connectivity index (χ0) is 10.0. The molecule has 3 nitrogen and oxygen atoms in total. The van der Waals surface area contributed by atoms with Gasteiger partial charge in [0.15, 0.2) is 0 Å². The van der Waals surface area contributed by atoms with Gasteiger partial charge in [0.2, 0.25) is 5.88 Å². The largest absolute Gasteiger partial charge is 0.481 e. The van der Waals surface area contributed by atoms with Crippen LogP contribution in [0, 0.1) is 0 Å². The van der Waals surface area contributed by atoms with Crippen LogP contribution in [-0.2, 0) is 5.60 Å². The molecule has 0 saturated heterocycles. The number of aromatic nitrogens is 1. The number of nitrogens with zero attached hydrogens (tertiary/aromatic N) is 1. The van der Waals surface area contributed by atoms with Gasteiger partial charge < -0.3 is 9.84 Å². The van der Waals surface area contributed by atoms with Crippen LogP contribution in [0.2, 0.25) is 0 Å². The molecule has 1 fully saturated rings. The Balaban J connectivity index is 2.30. The molecule has 1 aromatic heterocycles. The van der Waals surface area contributed by atoms with Crippen LogP contribution in [0.3, 0.4) is 0 Å². The van der Waals surface area contributed by atoms with E-state index in [9.17, 15) is 5.11 Å². The second kappa shape index (κ2) is 3.58. The molecule has 1 aliphatic carbocycles. The Bertz CT molecular complexity index is 319. The molecular weight excluding hydrogens is 178 g/mol. The van der Waals surface area contributed by atoms with Crippen LogP contribution < -0.4 is 4.74 Å². The Morgan fingerprint density at radius 1 is 1.36 bits per heavy atom. The van der Waals surface area contributed by atoms with Gasteiger partial charge in [-0.25, -0.2) is 4.98 Å². The van der Waals surface area contributed by atoms with E-state index >= 15 is 0 Å². The van der Waals surface area contributed by atoms with Gasteiger partial charge in [-0.2, -0.15) is 0 Å². The van der Waals surface area contributed by atoms with Crippen molar-refractivity contribution in [2.24, 2.45) is 0 Å². The first-order valence-corrected chi connectivity index (χ1v) is 4.98. The quantitative estimate of drug-likeness (QED) is 0.779. The van der Waals surface area contributed by atoms with Gasteiger partial charge in [0.25, 0.3) is 0 Å². The predicted molar refractivity (Wildman–Crippen MR) is 53.2 cm³/mol. The topological polar surface area (TPSA) is 42.4 Å². The van der Waals surface area contributed by atoms with Crippen molar-refractivity contribution in [3.8, 4) is 5.88 Å². The Hall–Kier alpha value is -1.09. The lowest BCUT2D eigenvalue weighted by Crippen LogP contribution is -2.22. The summed E-state index contributed by atoms with van der Waals surface area (Å²) in [7, 11) is 1.59. The molecule has 0 radical (unpaired) electrons. The number of hydrogen-bond donors (Lipinski definition) is 1. The van der Waals surface area contributed by atoms with Gasteiger partial charge in [-0.1, -0.05) is 18.9 Å². The van der Waals surface area contributed by atoms with E-state index in [1.807, 2.05) is 12.1 Å². The van der Waals surface area contributed by atoms with Crippen LogP contribution in [0.5, 0.6) is 5.88 Å². The molecule has 1 aromatic rings. The average Bonchev–Trinajstić information content (AvgIpc) is 2.67. The number of pyridine rings is 1. The van der Waals surface area contributed by atoms with Gasteiger partial charge in [-0.15, -0.1) is 0 Å². The summed E-state index contributed by atoms with van der Waals surface area (Å²) in [5.41, 5.74) is 0.0310. The Kier molecular flexibility index (Phi) is 2.42. The lowest BCUT2D eigenvalue weighted by molar-refractivity contribution is 0.0394. The van der Waals surface area contributed by atoms with Crippen molar-refractivity contribution in [3.63, 3.8) is 0 Å². The third-order valence-corrected chi connectivity index (χ3v) is 2.84. The van der Waals surface area contributed by atoms with E-state index in [1.54, 1.807) is 13.2 Å². The molecule has 0 aliphatic heterocycles. The first-order chi connectivity index (χ1) is 6.74. The molecule has 14 heavy (non-hydrogen) atoms. The predicted octanol–water partition coefficient (Wildman–Crippen LogP) is 1.85. The van der Waals surface area contributed by atoms with Gasteiger partial charge in [-0.3, -0.25) is 0 Å². The highest BCUT2D eigenvalue weighted by Gasteiger charge is 2.34. The number of rotatable bonds is 2. The van der Waals surface area contributed by atoms with Gasteiger partial charge in [0.05, 0.1) is 12.8 Å². The van der Waals surface area contributed by atoms with Crippen molar-refractivity contribution in [1.82, 2.24) is 4.98 Å². The summed E-state index contributed by atoms with van der Waals surface area (Å²) in [5.74, 6) is 0.572. The van der Waals surface area contributed by atoms with Crippen molar-refractivity contribution >= 4 is 0 Å². The van der Waals surface area contributed by atoms with Crippen molar-refractivity contribution < 1.29 is 9.84 Å². The first kappa shape index (κ1) is 9.46. The zero-order valence-corrected chi connectivity index (χ0v) is 8.36. The molecule has 0 bridgehead atoms. The van der Waals surface area contributed by atoms with E-state index in [0.29, 0.717) is 5.88 Å². The third kappa shape index (κ3) is 1.60. The number of hydrogen-bond acceptors (Lipinski definition) is 3. The van der Waals surface area contributed by atoms with Crippen LogP contribution in [-0.4, -0.2) is 17.2 Å². The Morgan fingerprint density at radius 3 is 2.71 bits per heavy atom. The SMILES string of the molecule is COc1cccc(C2(O)CCCC2)n1. The summed E-state index contributed by atoms with van der Waals surface area (Å²) < 4.78 is 5.04. The molecule has 1 saturated carbocycles. The smallest absolute Gasteiger partial charge is 0.213 e. The van der Waals surface area contributed by atoms with Crippen molar-refractivity contribution in [1.29, 1.82) is 0 Å². The molecule has 1 heterocycles. The Morgan fingerprint density at radius 2 is 2.07 bits per heavy atom. The molecule has 1 N–H and O–H groups in total. The van der Waals surface area contributed by atoms with Crippen LogP contribution in [0.15, 0.2) is 18.2 Å². The van der Waals surface area contributed by atoms with Gasteiger partial charge in [0, 0.05) is 6.07 Å². The summed E-state index contributed by atoms with van der Waals surface area (Å²) >= 11 is 0. The van der Waals surface area contributed by atoms with E-state index in [2.05, 4.69) is 4.98 Å². The van der Waals surface area contributed by atoms with E-state index in [0.717, 1.165) is 31.4 Å². The van der Waals surface area contributed by atoms with Crippen LogP contribution >= 0.6 is 0 Å². The summed E-state index contributed by atoms with van der Waals surface area (Å²) in [4.78, 5) is 4.27. The zero-order valence-electron chi connectivity index (χ0n) is 8.36. The Labute approximate surface area is 83.7 Å². The van der Waals surface area contributed by atoms with E-state index in [4.69, 9.17) is 4.74 Å². The lowest BCUT2D eigenvalue weighted by Gasteiger charge is -2.21. The monoisotopic (exact) mass is 193 g/mol. The normalized spacial score (nSPS) is 19.6. The molecule has 0 unspecified atom stereocenters. The molecular formula is C11H15NO2. The molecule has 0 spiro atoms. The summed E-state index contributed by atoms with van der Waals surface area (Å²) in [6.07, 6.45) is 3.78. The van der Waals surface area contributed by atoms with Gasteiger partial charge in [0.1, 0.15) is 5.60 Å². The highest BCUT2D eigenvalue weighted by molar-refractivity contribution is 5.21. The molecule has 0 atom stereocenters. The summed E-state index contributed by atoms with van der Waals surface area (Å²) in [6.45, 7) is 0. The third-order valence-electron chi connectivity index (χ3n) is 2.84. The van der Waals surface area contributed by atoms with Gasteiger partial charge >= 0.3 is 0 Å². The first-order valence-electron chi connectivity index (χ1n) is 4.98. The highest BCUT2D eigenvalue weighted by Crippen LogP contribution is 2.37. The minimum Gasteiger partial charge on any atom is -0.481 e.